The first-order chi connectivity index (χ1) is 9.40. The molecule has 0 aliphatic heterocycles. The molecule has 8 heteroatoms. The van der Waals surface area contributed by atoms with E-state index < -0.39 is 15.0 Å². The highest BCUT2D eigenvalue weighted by Crippen LogP contribution is 2.24. The summed E-state index contributed by atoms with van der Waals surface area (Å²) < 4.78 is 32.5. The second-order valence-electron chi connectivity index (χ2n) is 3.90. The third-order valence-electron chi connectivity index (χ3n) is 2.51. The van der Waals surface area contributed by atoms with E-state index in [0.717, 1.165) is 0 Å². The molecular formula is C12H16ClNO5S. The molecule has 1 N–H and O–H groups in total. The van der Waals surface area contributed by atoms with Gasteiger partial charge in [0.2, 0.25) is 0 Å². The molecule has 0 atom stereocenters. The van der Waals surface area contributed by atoms with Crippen molar-refractivity contribution in [1.29, 1.82) is 0 Å². The SMILES string of the molecule is COCCCNC(=O)c1cc(S(=O)(=O)Cl)ccc1OC. The zero-order valence-corrected chi connectivity index (χ0v) is 12.8. The number of amides is 1. The van der Waals surface area contributed by atoms with Crippen LogP contribution in [0.3, 0.4) is 0 Å². The second kappa shape index (κ2) is 7.47. The number of halogens is 1. The molecule has 1 amide bonds. The van der Waals surface area contributed by atoms with Crippen LogP contribution in [0.25, 0.3) is 0 Å². The Labute approximate surface area is 122 Å². The number of carbonyl (C=O) groups is 1. The van der Waals surface area contributed by atoms with Crippen LogP contribution in [0.2, 0.25) is 0 Å². The third-order valence-corrected chi connectivity index (χ3v) is 3.86. The largest absolute Gasteiger partial charge is 0.496 e. The predicted molar refractivity (Wildman–Crippen MR) is 74.9 cm³/mol. The maximum Gasteiger partial charge on any atom is 0.261 e. The van der Waals surface area contributed by atoms with Gasteiger partial charge < -0.3 is 14.8 Å². The van der Waals surface area contributed by atoms with Gasteiger partial charge in [0.15, 0.2) is 0 Å². The molecule has 0 aromatic heterocycles. The number of nitrogens with one attached hydrogen (secondary N) is 1. The van der Waals surface area contributed by atoms with Gasteiger partial charge in [-0.3, -0.25) is 4.79 Å². The first-order valence-electron chi connectivity index (χ1n) is 5.80. The van der Waals surface area contributed by atoms with Gasteiger partial charge in [-0.1, -0.05) is 0 Å². The molecule has 0 heterocycles. The van der Waals surface area contributed by atoms with E-state index in [9.17, 15) is 13.2 Å². The van der Waals surface area contributed by atoms with E-state index >= 15 is 0 Å². The lowest BCUT2D eigenvalue weighted by Gasteiger charge is -2.10. The number of hydrogen-bond acceptors (Lipinski definition) is 5. The van der Waals surface area contributed by atoms with Crippen LogP contribution in [0, 0.1) is 0 Å². The summed E-state index contributed by atoms with van der Waals surface area (Å²) in [6, 6.07) is 3.86. The molecule has 1 aromatic carbocycles. The fourth-order valence-electron chi connectivity index (χ4n) is 1.53. The van der Waals surface area contributed by atoms with E-state index in [1.54, 1.807) is 7.11 Å². The Morgan fingerprint density at radius 1 is 1.35 bits per heavy atom. The molecule has 0 unspecified atom stereocenters. The summed E-state index contributed by atoms with van der Waals surface area (Å²) in [5, 5.41) is 2.65. The van der Waals surface area contributed by atoms with E-state index in [-0.39, 0.29) is 16.2 Å². The van der Waals surface area contributed by atoms with Crippen LogP contribution in [-0.2, 0) is 13.8 Å². The van der Waals surface area contributed by atoms with Crippen LogP contribution in [0.5, 0.6) is 5.75 Å². The van der Waals surface area contributed by atoms with Crippen LogP contribution >= 0.6 is 10.7 Å². The van der Waals surface area contributed by atoms with E-state index in [4.69, 9.17) is 20.2 Å². The van der Waals surface area contributed by atoms with E-state index in [1.807, 2.05) is 0 Å². The number of hydrogen-bond donors (Lipinski definition) is 1. The normalized spacial score (nSPS) is 11.2. The monoisotopic (exact) mass is 321 g/mol. The number of carbonyl (C=O) groups excluding carboxylic acids is 1. The summed E-state index contributed by atoms with van der Waals surface area (Å²) in [6.07, 6.45) is 0.651. The van der Waals surface area contributed by atoms with Crippen LogP contribution in [0.15, 0.2) is 23.1 Å². The summed E-state index contributed by atoms with van der Waals surface area (Å²) >= 11 is 0. The Hall–Kier alpha value is -1.31. The summed E-state index contributed by atoms with van der Waals surface area (Å²) in [5.41, 5.74) is 0.117. The smallest absolute Gasteiger partial charge is 0.261 e. The lowest BCUT2D eigenvalue weighted by Crippen LogP contribution is -2.25. The fraction of sp³-hybridized carbons (Fsp3) is 0.417. The Morgan fingerprint density at radius 2 is 2.05 bits per heavy atom. The summed E-state index contributed by atoms with van der Waals surface area (Å²) in [5.74, 6) is -0.154. The van der Waals surface area contributed by atoms with Gasteiger partial charge in [0.1, 0.15) is 5.75 Å². The third kappa shape index (κ3) is 4.66. The lowest BCUT2D eigenvalue weighted by atomic mass is 10.2. The number of benzene rings is 1. The Morgan fingerprint density at radius 3 is 2.60 bits per heavy atom. The summed E-state index contributed by atoms with van der Waals surface area (Å²) in [7, 11) is 4.33. The zero-order valence-electron chi connectivity index (χ0n) is 11.2. The zero-order chi connectivity index (χ0) is 15.2. The minimum atomic E-state index is -3.90. The molecule has 1 rings (SSSR count). The van der Waals surface area contributed by atoms with Crippen molar-refractivity contribution >= 4 is 25.6 Å². The molecule has 0 bridgehead atoms. The van der Waals surface area contributed by atoms with Crippen molar-refractivity contribution < 1.29 is 22.7 Å². The second-order valence-corrected chi connectivity index (χ2v) is 6.47. The fourth-order valence-corrected chi connectivity index (χ4v) is 2.31. The van der Waals surface area contributed by atoms with E-state index in [1.165, 1.54) is 25.3 Å². The quantitative estimate of drug-likeness (QED) is 0.606. The van der Waals surface area contributed by atoms with Crippen LogP contribution in [0.1, 0.15) is 16.8 Å². The van der Waals surface area contributed by atoms with Crippen molar-refractivity contribution in [3.8, 4) is 5.75 Å². The lowest BCUT2D eigenvalue weighted by molar-refractivity contribution is 0.0945. The Balaban J connectivity index is 2.93. The highest BCUT2D eigenvalue weighted by atomic mass is 35.7. The maximum absolute atomic E-state index is 12.0. The molecule has 0 aliphatic carbocycles. The van der Waals surface area contributed by atoms with Crippen LogP contribution in [0.4, 0.5) is 0 Å². The van der Waals surface area contributed by atoms with Crippen molar-refractivity contribution in [2.75, 3.05) is 27.4 Å². The molecule has 0 saturated carbocycles. The van der Waals surface area contributed by atoms with Gasteiger partial charge >= 0.3 is 0 Å². The highest BCUT2D eigenvalue weighted by Gasteiger charge is 2.17. The molecule has 1 aromatic rings. The van der Waals surface area contributed by atoms with Crippen LogP contribution in [-0.4, -0.2) is 41.7 Å². The van der Waals surface area contributed by atoms with Gasteiger partial charge in [0.25, 0.3) is 15.0 Å². The molecule has 0 fully saturated rings. The minimum absolute atomic E-state index is 0.117. The summed E-state index contributed by atoms with van der Waals surface area (Å²) in [4.78, 5) is 11.8. The van der Waals surface area contributed by atoms with Gasteiger partial charge in [-0.2, -0.15) is 0 Å². The van der Waals surface area contributed by atoms with Crippen molar-refractivity contribution in [3.63, 3.8) is 0 Å². The van der Waals surface area contributed by atoms with Crippen molar-refractivity contribution in [2.45, 2.75) is 11.3 Å². The standard InChI is InChI=1S/C12H16ClNO5S/c1-18-7-3-6-14-12(15)10-8-9(20(13,16)17)4-5-11(10)19-2/h4-5,8H,3,6-7H2,1-2H3,(H,14,15). The molecule has 6 nitrogen and oxygen atoms in total. The van der Waals surface area contributed by atoms with E-state index in [2.05, 4.69) is 5.32 Å². The molecule has 0 saturated heterocycles. The Bertz CT molecular complexity index is 573. The average molecular weight is 322 g/mol. The van der Waals surface area contributed by atoms with Gasteiger partial charge in [0.05, 0.1) is 17.6 Å². The first kappa shape index (κ1) is 16.7. The highest BCUT2D eigenvalue weighted by molar-refractivity contribution is 8.13. The molecular weight excluding hydrogens is 306 g/mol. The maximum atomic E-state index is 12.0. The topological polar surface area (TPSA) is 81.7 Å². The number of methoxy groups -OCH3 is 2. The van der Waals surface area contributed by atoms with Gasteiger partial charge in [-0.15, -0.1) is 0 Å². The van der Waals surface area contributed by atoms with Gasteiger partial charge in [0, 0.05) is 30.9 Å². The molecule has 20 heavy (non-hydrogen) atoms. The van der Waals surface area contributed by atoms with Crippen molar-refractivity contribution in [2.24, 2.45) is 0 Å². The predicted octanol–water partition coefficient (Wildman–Crippen LogP) is 1.39. The van der Waals surface area contributed by atoms with E-state index in [0.29, 0.717) is 19.6 Å². The van der Waals surface area contributed by atoms with Crippen molar-refractivity contribution in [1.82, 2.24) is 5.32 Å². The molecule has 0 radical (unpaired) electrons. The number of rotatable bonds is 7. The molecule has 112 valence electrons. The molecule has 0 aliphatic rings. The minimum Gasteiger partial charge on any atom is -0.496 e. The number of ether oxygens (including phenoxy) is 2. The summed E-state index contributed by atoms with van der Waals surface area (Å²) in [6.45, 7) is 0.932. The molecule has 0 spiro atoms. The Kier molecular flexibility index (Phi) is 6.25. The van der Waals surface area contributed by atoms with Crippen LogP contribution < -0.4 is 10.1 Å². The van der Waals surface area contributed by atoms with Gasteiger partial charge in [-0.25, -0.2) is 8.42 Å². The van der Waals surface area contributed by atoms with Crippen molar-refractivity contribution in [3.05, 3.63) is 23.8 Å². The average Bonchev–Trinajstić information content (AvgIpc) is 2.41. The first-order valence-corrected chi connectivity index (χ1v) is 8.11. The van der Waals surface area contributed by atoms with Gasteiger partial charge in [-0.05, 0) is 24.6 Å².